The van der Waals surface area contributed by atoms with Gasteiger partial charge in [0.2, 0.25) is 0 Å². The van der Waals surface area contributed by atoms with Gasteiger partial charge in [-0.3, -0.25) is 4.79 Å². The Morgan fingerprint density at radius 3 is 2.77 bits per heavy atom. The van der Waals surface area contributed by atoms with Gasteiger partial charge in [0.15, 0.2) is 0 Å². The second kappa shape index (κ2) is 9.19. The van der Waals surface area contributed by atoms with Crippen molar-refractivity contribution in [1.82, 2.24) is 20.1 Å². The molecule has 0 spiro atoms. The van der Waals surface area contributed by atoms with E-state index >= 15 is 0 Å². The highest BCUT2D eigenvalue weighted by Gasteiger charge is 2.15. The van der Waals surface area contributed by atoms with E-state index in [1.807, 2.05) is 5.38 Å². The average Bonchev–Trinajstić information content (AvgIpc) is 3.01. The molecular formula is C15H27N5OS. The molecule has 2 rings (SSSR count). The van der Waals surface area contributed by atoms with Crippen LogP contribution < -0.4 is 11.1 Å². The third kappa shape index (κ3) is 5.31. The number of carbonyl (C=O) groups is 1. The van der Waals surface area contributed by atoms with E-state index in [0.717, 1.165) is 57.1 Å². The van der Waals surface area contributed by atoms with Crippen molar-refractivity contribution >= 4 is 17.2 Å². The molecule has 1 saturated heterocycles. The molecule has 2 heterocycles. The molecule has 22 heavy (non-hydrogen) atoms. The fourth-order valence-electron chi connectivity index (χ4n) is 2.58. The number of nitrogens with one attached hydrogen (secondary N) is 1. The molecular weight excluding hydrogens is 298 g/mol. The lowest BCUT2D eigenvalue weighted by atomic mass is 10.3. The molecule has 6 nitrogen and oxygen atoms in total. The molecule has 0 bridgehead atoms. The van der Waals surface area contributed by atoms with Crippen LogP contribution in [0.15, 0.2) is 5.38 Å². The second-order valence-corrected chi connectivity index (χ2v) is 6.49. The van der Waals surface area contributed by atoms with Crippen LogP contribution in [0.5, 0.6) is 0 Å². The molecule has 0 unspecified atom stereocenters. The van der Waals surface area contributed by atoms with Crippen LogP contribution in [0.4, 0.5) is 0 Å². The van der Waals surface area contributed by atoms with Crippen LogP contribution in [0.1, 0.15) is 28.8 Å². The number of rotatable bonds is 8. The zero-order valence-corrected chi connectivity index (χ0v) is 14.2. The summed E-state index contributed by atoms with van der Waals surface area (Å²) in [7, 11) is 0. The van der Waals surface area contributed by atoms with E-state index in [0.29, 0.717) is 18.8 Å². The Balaban J connectivity index is 1.61. The summed E-state index contributed by atoms with van der Waals surface area (Å²) in [6, 6.07) is 0. The maximum absolute atomic E-state index is 12.0. The number of thiazole rings is 1. The van der Waals surface area contributed by atoms with Gasteiger partial charge >= 0.3 is 0 Å². The van der Waals surface area contributed by atoms with E-state index in [2.05, 4.69) is 27.0 Å². The Kier molecular flexibility index (Phi) is 7.24. The molecule has 1 amide bonds. The van der Waals surface area contributed by atoms with Gasteiger partial charge in [-0.15, -0.1) is 11.3 Å². The molecule has 1 aromatic heterocycles. The van der Waals surface area contributed by atoms with Gasteiger partial charge in [-0.05, 0) is 26.1 Å². The summed E-state index contributed by atoms with van der Waals surface area (Å²) in [5.41, 5.74) is 6.01. The number of amides is 1. The Morgan fingerprint density at radius 1 is 1.36 bits per heavy atom. The Morgan fingerprint density at radius 2 is 2.09 bits per heavy atom. The van der Waals surface area contributed by atoms with Crippen LogP contribution in [0.3, 0.4) is 0 Å². The van der Waals surface area contributed by atoms with Crippen LogP contribution in [0.25, 0.3) is 0 Å². The van der Waals surface area contributed by atoms with E-state index < -0.39 is 0 Å². The van der Waals surface area contributed by atoms with Gasteiger partial charge in [0, 0.05) is 44.5 Å². The minimum Gasteiger partial charge on any atom is -0.351 e. The van der Waals surface area contributed by atoms with Gasteiger partial charge in [0.1, 0.15) is 5.69 Å². The molecule has 1 aromatic rings. The van der Waals surface area contributed by atoms with Crippen LogP contribution in [0.2, 0.25) is 0 Å². The number of likely N-dealkylation sites (N-methyl/N-ethyl adjacent to an activating group) is 1. The zero-order chi connectivity index (χ0) is 15.8. The van der Waals surface area contributed by atoms with E-state index in [1.54, 1.807) is 0 Å². The summed E-state index contributed by atoms with van der Waals surface area (Å²) < 4.78 is 0. The quantitative estimate of drug-likeness (QED) is 0.677. The molecule has 7 heteroatoms. The highest BCUT2D eigenvalue weighted by Crippen LogP contribution is 2.09. The second-order valence-electron chi connectivity index (χ2n) is 5.55. The van der Waals surface area contributed by atoms with Crippen LogP contribution in [0, 0.1) is 0 Å². The van der Waals surface area contributed by atoms with Gasteiger partial charge in [-0.1, -0.05) is 6.92 Å². The average molecular weight is 325 g/mol. The van der Waals surface area contributed by atoms with Crippen molar-refractivity contribution in [1.29, 1.82) is 0 Å². The van der Waals surface area contributed by atoms with Gasteiger partial charge in [-0.25, -0.2) is 4.98 Å². The molecule has 0 radical (unpaired) electrons. The number of nitrogens with two attached hydrogens (primary N) is 1. The summed E-state index contributed by atoms with van der Waals surface area (Å²) in [5.74, 6) is -0.0738. The Labute approximate surface area is 136 Å². The fraction of sp³-hybridized carbons (Fsp3) is 0.733. The number of hydrogen-bond donors (Lipinski definition) is 2. The predicted octanol–water partition coefficient (Wildman–Crippen LogP) is 0.402. The van der Waals surface area contributed by atoms with E-state index in [-0.39, 0.29) is 5.91 Å². The summed E-state index contributed by atoms with van der Waals surface area (Å²) >= 11 is 1.50. The van der Waals surface area contributed by atoms with Gasteiger partial charge in [0.05, 0.1) is 5.01 Å². The van der Waals surface area contributed by atoms with Crippen LogP contribution >= 0.6 is 11.3 Å². The number of nitrogens with zero attached hydrogens (tertiary/aromatic N) is 3. The lowest BCUT2D eigenvalue weighted by molar-refractivity contribution is 0.0944. The van der Waals surface area contributed by atoms with E-state index in [1.165, 1.54) is 11.3 Å². The van der Waals surface area contributed by atoms with Gasteiger partial charge in [-0.2, -0.15) is 0 Å². The van der Waals surface area contributed by atoms with Crippen molar-refractivity contribution in [2.75, 3.05) is 52.4 Å². The fourth-order valence-corrected chi connectivity index (χ4v) is 3.37. The van der Waals surface area contributed by atoms with Crippen molar-refractivity contribution < 1.29 is 4.79 Å². The number of carbonyl (C=O) groups excluding carboxylic acids is 1. The van der Waals surface area contributed by atoms with E-state index in [4.69, 9.17) is 5.73 Å². The topological polar surface area (TPSA) is 74.5 Å². The predicted molar refractivity (Wildman–Crippen MR) is 90.4 cm³/mol. The highest BCUT2D eigenvalue weighted by atomic mass is 32.1. The molecule has 0 aromatic carbocycles. The smallest absolute Gasteiger partial charge is 0.270 e. The van der Waals surface area contributed by atoms with Gasteiger partial charge < -0.3 is 20.9 Å². The third-order valence-electron chi connectivity index (χ3n) is 3.99. The summed E-state index contributed by atoms with van der Waals surface area (Å²) in [6.45, 7) is 10.3. The maximum atomic E-state index is 12.0. The zero-order valence-electron chi connectivity index (χ0n) is 13.4. The molecule has 1 aliphatic heterocycles. The Hall–Kier alpha value is -1.02. The first-order valence-corrected chi connectivity index (χ1v) is 8.98. The summed E-state index contributed by atoms with van der Waals surface area (Å²) in [5, 5.41) is 5.69. The molecule has 1 fully saturated rings. The molecule has 124 valence electrons. The van der Waals surface area contributed by atoms with Crippen molar-refractivity contribution in [3.8, 4) is 0 Å². The number of piperazine rings is 1. The molecule has 1 aliphatic rings. The first-order chi connectivity index (χ1) is 10.7. The third-order valence-corrected chi connectivity index (χ3v) is 4.90. The monoisotopic (exact) mass is 325 g/mol. The molecule has 0 saturated carbocycles. The molecule has 3 N–H and O–H groups in total. The minimum absolute atomic E-state index is 0.0738. The number of hydrogen-bond acceptors (Lipinski definition) is 6. The van der Waals surface area contributed by atoms with E-state index in [9.17, 15) is 4.79 Å². The number of aromatic nitrogens is 1. The SMILES string of the molecule is CCN1CCN(CCCNC(=O)c2csc(CCN)n2)CC1. The summed E-state index contributed by atoms with van der Waals surface area (Å²) in [6.07, 6.45) is 1.72. The first-order valence-electron chi connectivity index (χ1n) is 8.10. The lowest BCUT2D eigenvalue weighted by Crippen LogP contribution is -2.46. The van der Waals surface area contributed by atoms with Crippen molar-refractivity contribution in [3.63, 3.8) is 0 Å². The van der Waals surface area contributed by atoms with Crippen molar-refractivity contribution in [2.24, 2.45) is 5.73 Å². The minimum atomic E-state index is -0.0738. The Bertz CT molecular complexity index is 457. The lowest BCUT2D eigenvalue weighted by Gasteiger charge is -2.33. The van der Waals surface area contributed by atoms with Crippen molar-refractivity contribution in [3.05, 3.63) is 16.1 Å². The highest BCUT2D eigenvalue weighted by molar-refractivity contribution is 7.09. The molecule has 0 aliphatic carbocycles. The largest absolute Gasteiger partial charge is 0.351 e. The normalized spacial score (nSPS) is 16.8. The molecule has 0 atom stereocenters. The standard InChI is InChI=1S/C15H27N5OS/c1-2-19-8-10-20(11-9-19)7-3-6-17-15(21)13-12-22-14(18-13)4-5-16/h12H,2-11,16H2,1H3,(H,17,21). The van der Waals surface area contributed by atoms with Crippen molar-refractivity contribution in [2.45, 2.75) is 19.8 Å². The van der Waals surface area contributed by atoms with Crippen LogP contribution in [-0.2, 0) is 6.42 Å². The summed E-state index contributed by atoms with van der Waals surface area (Å²) in [4.78, 5) is 21.2. The maximum Gasteiger partial charge on any atom is 0.270 e. The van der Waals surface area contributed by atoms with Crippen LogP contribution in [-0.4, -0.2) is 73.0 Å². The first kappa shape index (κ1) is 17.3. The van der Waals surface area contributed by atoms with Gasteiger partial charge in [0.25, 0.3) is 5.91 Å².